The van der Waals surface area contributed by atoms with Gasteiger partial charge in [0.25, 0.3) is 15.7 Å². The number of carbonyl (C=O) groups excluding carboxylic acids is 1. The van der Waals surface area contributed by atoms with Crippen molar-refractivity contribution < 1.29 is 32.3 Å². The maximum Gasteiger partial charge on any atom is 0.289 e. The smallest absolute Gasteiger partial charge is 0.289 e. The minimum absolute atomic E-state index is 0.0201. The molecule has 11 nitrogen and oxygen atoms in total. The molecule has 0 atom stereocenters. The highest BCUT2D eigenvalue weighted by atomic mass is 32.2. The van der Waals surface area contributed by atoms with E-state index in [1.807, 2.05) is 12.1 Å². The van der Waals surface area contributed by atoms with Gasteiger partial charge in [0.2, 0.25) is 5.91 Å². The molecule has 12 heteroatoms. The predicted octanol–water partition coefficient (Wildman–Crippen LogP) is 3.17. The fraction of sp³-hybridized carbons (Fsp3) is 0.240. The van der Waals surface area contributed by atoms with Gasteiger partial charge in [-0.05, 0) is 42.3 Å². The van der Waals surface area contributed by atoms with Crippen LogP contribution in [0.25, 0.3) is 0 Å². The first-order valence-corrected chi connectivity index (χ1v) is 12.5. The largest absolute Gasteiger partial charge is 0.497 e. The zero-order valence-corrected chi connectivity index (χ0v) is 21.4. The Kier molecular flexibility index (Phi) is 8.90. The minimum Gasteiger partial charge on any atom is -0.497 e. The molecule has 3 aromatic rings. The van der Waals surface area contributed by atoms with Gasteiger partial charge in [0.05, 0.1) is 31.9 Å². The molecule has 0 fully saturated rings. The molecular weight excluding hydrogens is 502 g/mol. The van der Waals surface area contributed by atoms with E-state index in [1.165, 1.54) is 44.6 Å². The van der Waals surface area contributed by atoms with E-state index in [0.29, 0.717) is 17.9 Å². The van der Waals surface area contributed by atoms with Crippen LogP contribution in [0.5, 0.6) is 17.2 Å². The van der Waals surface area contributed by atoms with Crippen molar-refractivity contribution in [3.63, 3.8) is 0 Å². The number of sulfonamides is 1. The molecule has 0 unspecified atom stereocenters. The molecule has 1 amide bonds. The molecule has 0 aromatic heterocycles. The average molecular weight is 530 g/mol. The first-order valence-electron chi connectivity index (χ1n) is 11.1. The molecule has 3 rings (SSSR count). The fourth-order valence-electron chi connectivity index (χ4n) is 3.56. The zero-order valence-electron chi connectivity index (χ0n) is 20.5. The number of nitrogens with zero attached hydrogens (tertiary/aromatic N) is 2. The molecular formula is C25H27N3O8S. The predicted molar refractivity (Wildman–Crippen MR) is 137 cm³/mol. The summed E-state index contributed by atoms with van der Waals surface area (Å²) >= 11 is 0. The van der Waals surface area contributed by atoms with Gasteiger partial charge in [0.1, 0.15) is 23.8 Å². The SMILES string of the molecule is COc1ccc(CCNC(=O)CN(c2ccc(OC)cc2OC)S(=O)(=O)c2ccccc2[N+](=O)[O-])cc1. The molecule has 0 saturated carbocycles. The third-order valence-electron chi connectivity index (χ3n) is 5.47. The van der Waals surface area contributed by atoms with Crippen LogP contribution in [0.15, 0.2) is 71.6 Å². The molecule has 0 spiro atoms. The van der Waals surface area contributed by atoms with Crippen LogP contribution in [-0.4, -0.2) is 53.7 Å². The highest BCUT2D eigenvalue weighted by Gasteiger charge is 2.34. The normalized spacial score (nSPS) is 10.9. The summed E-state index contributed by atoms with van der Waals surface area (Å²) in [4.78, 5) is 23.1. The van der Waals surface area contributed by atoms with Crippen molar-refractivity contribution in [3.05, 3.63) is 82.4 Å². The summed E-state index contributed by atoms with van der Waals surface area (Å²) in [6.45, 7) is -0.399. The van der Waals surface area contributed by atoms with Gasteiger partial charge in [0, 0.05) is 18.7 Å². The van der Waals surface area contributed by atoms with Crippen molar-refractivity contribution >= 4 is 27.3 Å². The van der Waals surface area contributed by atoms with Gasteiger partial charge < -0.3 is 19.5 Å². The summed E-state index contributed by atoms with van der Waals surface area (Å²) in [5.41, 5.74) is 0.356. The Morgan fingerprint density at radius 1 is 0.946 bits per heavy atom. The van der Waals surface area contributed by atoms with Crippen molar-refractivity contribution in [1.82, 2.24) is 5.32 Å². The Balaban J connectivity index is 1.92. The van der Waals surface area contributed by atoms with Crippen LogP contribution in [0.2, 0.25) is 0 Å². The van der Waals surface area contributed by atoms with E-state index in [1.54, 1.807) is 19.2 Å². The van der Waals surface area contributed by atoms with Crippen molar-refractivity contribution in [1.29, 1.82) is 0 Å². The molecule has 0 saturated heterocycles. The summed E-state index contributed by atoms with van der Waals surface area (Å²) < 4.78 is 43.9. The van der Waals surface area contributed by atoms with E-state index < -0.39 is 38.0 Å². The Morgan fingerprint density at radius 3 is 2.22 bits per heavy atom. The van der Waals surface area contributed by atoms with Crippen LogP contribution in [-0.2, 0) is 21.2 Å². The monoisotopic (exact) mass is 529 g/mol. The van der Waals surface area contributed by atoms with Gasteiger partial charge in [-0.1, -0.05) is 24.3 Å². The highest BCUT2D eigenvalue weighted by molar-refractivity contribution is 7.93. The number of hydrogen-bond donors (Lipinski definition) is 1. The molecule has 0 aliphatic rings. The summed E-state index contributed by atoms with van der Waals surface area (Å²) in [6.07, 6.45) is 0.499. The maximum absolute atomic E-state index is 13.7. The van der Waals surface area contributed by atoms with Gasteiger partial charge in [0.15, 0.2) is 4.90 Å². The first kappa shape index (κ1) is 27.3. The second kappa shape index (κ2) is 12.1. The molecule has 0 bridgehead atoms. The molecule has 3 aromatic carbocycles. The van der Waals surface area contributed by atoms with Gasteiger partial charge in [-0.3, -0.25) is 19.2 Å². The van der Waals surface area contributed by atoms with E-state index in [0.717, 1.165) is 22.0 Å². The van der Waals surface area contributed by atoms with E-state index in [-0.39, 0.29) is 18.0 Å². The van der Waals surface area contributed by atoms with E-state index >= 15 is 0 Å². The number of amides is 1. The van der Waals surface area contributed by atoms with E-state index in [4.69, 9.17) is 14.2 Å². The lowest BCUT2D eigenvalue weighted by atomic mass is 10.1. The van der Waals surface area contributed by atoms with Crippen LogP contribution >= 0.6 is 0 Å². The number of hydrogen-bond acceptors (Lipinski definition) is 8. The summed E-state index contributed by atoms with van der Waals surface area (Å²) in [5.74, 6) is 0.603. The number of rotatable bonds is 12. The summed E-state index contributed by atoms with van der Waals surface area (Å²) in [5, 5.41) is 14.3. The molecule has 0 aliphatic heterocycles. The zero-order chi connectivity index (χ0) is 27.0. The number of benzene rings is 3. The second-order valence-electron chi connectivity index (χ2n) is 7.72. The van der Waals surface area contributed by atoms with Crippen LogP contribution in [0, 0.1) is 10.1 Å². The van der Waals surface area contributed by atoms with Gasteiger partial charge in [-0.25, -0.2) is 8.42 Å². The molecule has 196 valence electrons. The minimum atomic E-state index is -4.57. The standard InChI is InChI=1S/C25H27N3O8S/c1-34-19-10-8-18(9-11-19)14-15-26-25(29)17-27(21-13-12-20(35-2)16-23(21)36-3)37(32,33)24-7-5-4-6-22(24)28(30)31/h4-13,16H,14-15,17H2,1-3H3,(H,26,29). The summed E-state index contributed by atoms with van der Waals surface area (Å²) in [6, 6.07) is 16.6. The lowest BCUT2D eigenvalue weighted by Gasteiger charge is -2.25. The van der Waals surface area contributed by atoms with Gasteiger partial charge in [-0.15, -0.1) is 0 Å². The molecule has 0 heterocycles. The number of carbonyl (C=O) groups is 1. The summed E-state index contributed by atoms with van der Waals surface area (Å²) in [7, 11) is -0.226. The third kappa shape index (κ3) is 6.47. The molecule has 0 radical (unpaired) electrons. The fourth-order valence-corrected chi connectivity index (χ4v) is 5.15. The van der Waals surface area contributed by atoms with Gasteiger partial charge in [-0.2, -0.15) is 0 Å². The molecule has 37 heavy (non-hydrogen) atoms. The first-order chi connectivity index (χ1) is 17.7. The number of methoxy groups -OCH3 is 3. The Morgan fingerprint density at radius 2 is 1.59 bits per heavy atom. The number of nitro benzene ring substituents is 1. The number of nitrogens with one attached hydrogen (secondary N) is 1. The lowest BCUT2D eigenvalue weighted by molar-refractivity contribution is -0.387. The van der Waals surface area contributed by atoms with E-state index in [9.17, 15) is 23.3 Å². The van der Waals surface area contributed by atoms with Crippen molar-refractivity contribution in [2.75, 3.05) is 38.7 Å². The van der Waals surface area contributed by atoms with Crippen molar-refractivity contribution in [2.24, 2.45) is 0 Å². The quantitative estimate of drug-likeness (QED) is 0.279. The highest BCUT2D eigenvalue weighted by Crippen LogP contribution is 2.37. The molecule has 1 N–H and O–H groups in total. The average Bonchev–Trinajstić information content (AvgIpc) is 2.91. The van der Waals surface area contributed by atoms with Crippen LogP contribution < -0.4 is 23.8 Å². The maximum atomic E-state index is 13.7. The van der Waals surface area contributed by atoms with E-state index in [2.05, 4.69) is 5.32 Å². The van der Waals surface area contributed by atoms with Crippen LogP contribution in [0.3, 0.4) is 0 Å². The van der Waals surface area contributed by atoms with Crippen LogP contribution in [0.1, 0.15) is 5.56 Å². The Hall–Kier alpha value is -4.32. The Labute approximate surface area is 214 Å². The number of ether oxygens (including phenoxy) is 3. The van der Waals surface area contributed by atoms with Crippen molar-refractivity contribution in [3.8, 4) is 17.2 Å². The number of para-hydroxylation sites is 1. The third-order valence-corrected chi connectivity index (χ3v) is 7.27. The topological polar surface area (TPSA) is 137 Å². The number of anilines is 1. The van der Waals surface area contributed by atoms with Crippen LogP contribution in [0.4, 0.5) is 11.4 Å². The number of nitro groups is 1. The lowest BCUT2D eigenvalue weighted by Crippen LogP contribution is -2.41. The van der Waals surface area contributed by atoms with Crippen molar-refractivity contribution in [2.45, 2.75) is 11.3 Å². The Bertz CT molecular complexity index is 1360. The second-order valence-corrected chi connectivity index (χ2v) is 9.55. The molecule has 0 aliphatic carbocycles. The van der Waals surface area contributed by atoms with Gasteiger partial charge >= 0.3 is 0 Å².